The summed E-state index contributed by atoms with van der Waals surface area (Å²) in [6, 6.07) is 0.308. The molecule has 0 radical (unpaired) electrons. The van der Waals surface area contributed by atoms with Gasteiger partial charge in [-0.25, -0.2) is 4.79 Å². The molecule has 0 unspecified atom stereocenters. The molecule has 1 aliphatic rings. The monoisotopic (exact) mass is 227 g/mol. The third kappa shape index (κ3) is 4.42. The lowest BCUT2D eigenvalue weighted by atomic mass is 9.94. The van der Waals surface area contributed by atoms with Crippen LogP contribution in [-0.2, 0) is 4.74 Å². The van der Waals surface area contributed by atoms with Crippen LogP contribution >= 0.6 is 0 Å². The zero-order valence-electron chi connectivity index (χ0n) is 11.2. The molecule has 1 saturated carbocycles. The van der Waals surface area contributed by atoms with Crippen molar-refractivity contribution in [1.29, 1.82) is 0 Å². The van der Waals surface area contributed by atoms with Crippen LogP contribution in [0.5, 0.6) is 0 Å². The Morgan fingerprint density at radius 1 is 1.31 bits per heavy atom. The normalized spacial score (nSPS) is 25.9. The zero-order valence-corrected chi connectivity index (χ0v) is 11.2. The van der Waals surface area contributed by atoms with Gasteiger partial charge in [0.1, 0.15) is 5.60 Å². The van der Waals surface area contributed by atoms with E-state index in [1.54, 1.807) is 0 Å². The van der Waals surface area contributed by atoms with Gasteiger partial charge >= 0.3 is 6.09 Å². The summed E-state index contributed by atoms with van der Waals surface area (Å²) in [4.78, 5) is 11.6. The van der Waals surface area contributed by atoms with E-state index in [4.69, 9.17) is 4.74 Å². The number of carbonyl (C=O) groups excluding carboxylic acids is 1. The van der Waals surface area contributed by atoms with Crippen LogP contribution in [0.25, 0.3) is 0 Å². The number of hydrogen-bond acceptors (Lipinski definition) is 2. The van der Waals surface area contributed by atoms with E-state index in [0.29, 0.717) is 12.0 Å². The summed E-state index contributed by atoms with van der Waals surface area (Å²) in [6.07, 6.45) is 3.12. The molecule has 1 amide bonds. The maximum atomic E-state index is 11.6. The molecule has 1 fully saturated rings. The third-order valence-corrected chi connectivity index (χ3v) is 3.14. The highest BCUT2D eigenvalue weighted by molar-refractivity contribution is 5.68. The van der Waals surface area contributed by atoms with Crippen molar-refractivity contribution >= 4 is 6.09 Å². The average molecular weight is 227 g/mol. The highest BCUT2D eigenvalue weighted by atomic mass is 16.6. The molecular formula is C13H25NO2. The first-order valence-corrected chi connectivity index (χ1v) is 6.27. The molecule has 0 saturated heterocycles. The summed E-state index contributed by atoms with van der Waals surface area (Å²) in [6.45, 7) is 10.2. The molecule has 0 aliphatic heterocycles. The van der Waals surface area contributed by atoms with Crippen molar-refractivity contribution in [2.24, 2.45) is 11.8 Å². The highest BCUT2D eigenvalue weighted by Gasteiger charge is 2.28. The van der Waals surface area contributed by atoms with Gasteiger partial charge in [0.25, 0.3) is 0 Å². The van der Waals surface area contributed by atoms with Gasteiger partial charge in [0.15, 0.2) is 0 Å². The quantitative estimate of drug-likeness (QED) is 0.785. The second kappa shape index (κ2) is 5.07. The molecule has 0 aromatic heterocycles. The average Bonchev–Trinajstić information content (AvgIpc) is 2.48. The maximum Gasteiger partial charge on any atom is 0.407 e. The minimum atomic E-state index is -0.403. The number of rotatable bonds is 2. The Hall–Kier alpha value is -0.730. The minimum absolute atomic E-state index is 0.276. The Bertz CT molecular complexity index is 243. The molecule has 1 rings (SSSR count). The second-order valence-electron chi connectivity index (χ2n) is 6.16. The van der Waals surface area contributed by atoms with Crippen LogP contribution < -0.4 is 5.32 Å². The van der Waals surface area contributed by atoms with Gasteiger partial charge in [0.2, 0.25) is 0 Å². The topological polar surface area (TPSA) is 38.3 Å². The molecule has 1 N–H and O–H groups in total. The van der Waals surface area contributed by atoms with Gasteiger partial charge in [-0.15, -0.1) is 0 Å². The Morgan fingerprint density at radius 3 is 2.38 bits per heavy atom. The van der Waals surface area contributed by atoms with E-state index in [2.05, 4.69) is 19.2 Å². The molecule has 2 atom stereocenters. The summed E-state index contributed by atoms with van der Waals surface area (Å²) in [7, 11) is 0. The van der Waals surface area contributed by atoms with E-state index in [1.165, 1.54) is 6.42 Å². The summed E-state index contributed by atoms with van der Waals surface area (Å²) >= 11 is 0. The zero-order chi connectivity index (χ0) is 12.3. The summed E-state index contributed by atoms with van der Waals surface area (Å²) in [5.41, 5.74) is -0.403. The van der Waals surface area contributed by atoms with Crippen LogP contribution in [0.3, 0.4) is 0 Å². The molecule has 0 aromatic rings. The van der Waals surface area contributed by atoms with Crippen molar-refractivity contribution in [3.8, 4) is 0 Å². The summed E-state index contributed by atoms with van der Waals surface area (Å²) in [5, 5.41) is 2.96. The highest BCUT2D eigenvalue weighted by Crippen LogP contribution is 2.31. The van der Waals surface area contributed by atoms with Crippen molar-refractivity contribution in [2.45, 2.75) is 65.5 Å². The van der Waals surface area contributed by atoms with E-state index in [0.717, 1.165) is 18.8 Å². The predicted octanol–water partition coefficient (Wildman–Crippen LogP) is 3.34. The van der Waals surface area contributed by atoms with E-state index in [1.807, 2.05) is 20.8 Å². The van der Waals surface area contributed by atoms with Crippen LogP contribution in [0.15, 0.2) is 0 Å². The fourth-order valence-electron chi connectivity index (χ4n) is 2.23. The number of amides is 1. The van der Waals surface area contributed by atoms with Crippen molar-refractivity contribution < 1.29 is 9.53 Å². The molecule has 3 nitrogen and oxygen atoms in total. The molecular weight excluding hydrogens is 202 g/mol. The van der Waals surface area contributed by atoms with Crippen LogP contribution in [0.1, 0.15) is 53.9 Å². The standard InChI is InChI=1S/C13H25NO2/c1-9(2)10-6-7-11(8-10)14-12(15)16-13(3,4)5/h9-11H,6-8H2,1-5H3,(H,14,15)/t10-,11-/m1/s1. The largest absolute Gasteiger partial charge is 0.444 e. The van der Waals surface area contributed by atoms with Gasteiger partial charge < -0.3 is 10.1 Å². The number of hydrogen-bond donors (Lipinski definition) is 1. The Balaban J connectivity index is 2.32. The smallest absolute Gasteiger partial charge is 0.407 e. The fraction of sp³-hybridized carbons (Fsp3) is 0.923. The minimum Gasteiger partial charge on any atom is -0.444 e. The van der Waals surface area contributed by atoms with Crippen LogP contribution in [0.2, 0.25) is 0 Å². The first kappa shape index (κ1) is 13.3. The molecule has 0 heterocycles. The molecule has 3 heteroatoms. The van der Waals surface area contributed by atoms with Gasteiger partial charge in [0.05, 0.1) is 0 Å². The number of alkyl carbamates (subject to hydrolysis) is 1. The van der Waals surface area contributed by atoms with E-state index in [-0.39, 0.29) is 6.09 Å². The third-order valence-electron chi connectivity index (χ3n) is 3.14. The van der Waals surface area contributed by atoms with Crippen LogP contribution in [0, 0.1) is 11.8 Å². The summed E-state index contributed by atoms with van der Waals surface area (Å²) in [5.74, 6) is 1.46. The van der Waals surface area contributed by atoms with Crippen molar-refractivity contribution in [1.82, 2.24) is 5.32 Å². The predicted molar refractivity (Wildman–Crippen MR) is 65.3 cm³/mol. The van der Waals surface area contributed by atoms with Gasteiger partial charge in [0, 0.05) is 6.04 Å². The molecule has 16 heavy (non-hydrogen) atoms. The molecule has 0 spiro atoms. The molecule has 0 bridgehead atoms. The lowest BCUT2D eigenvalue weighted by molar-refractivity contribution is 0.0504. The van der Waals surface area contributed by atoms with Gasteiger partial charge in [-0.2, -0.15) is 0 Å². The van der Waals surface area contributed by atoms with Crippen LogP contribution in [-0.4, -0.2) is 17.7 Å². The van der Waals surface area contributed by atoms with Gasteiger partial charge in [-0.3, -0.25) is 0 Å². The van der Waals surface area contributed by atoms with Crippen molar-refractivity contribution in [3.05, 3.63) is 0 Å². The van der Waals surface area contributed by atoms with Crippen LogP contribution in [0.4, 0.5) is 4.79 Å². The van der Waals surface area contributed by atoms with Gasteiger partial charge in [-0.1, -0.05) is 13.8 Å². The van der Waals surface area contributed by atoms with E-state index >= 15 is 0 Å². The number of carbonyl (C=O) groups is 1. The lowest BCUT2D eigenvalue weighted by Gasteiger charge is -2.22. The SMILES string of the molecule is CC(C)[C@@H]1CC[C@@H](NC(=O)OC(C)(C)C)C1. The first-order chi connectivity index (χ1) is 7.28. The number of ether oxygens (including phenoxy) is 1. The summed E-state index contributed by atoms with van der Waals surface area (Å²) < 4.78 is 5.25. The van der Waals surface area contributed by atoms with Crippen molar-refractivity contribution in [2.75, 3.05) is 0 Å². The Labute approximate surface area is 98.9 Å². The first-order valence-electron chi connectivity index (χ1n) is 6.27. The van der Waals surface area contributed by atoms with E-state index in [9.17, 15) is 4.79 Å². The van der Waals surface area contributed by atoms with Gasteiger partial charge in [-0.05, 0) is 51.9 Å². The second-order valence-corrected chi connectivity index (χ2v) is 6.16. The Kier molecular flexibility index (Phi) is 4.22. The maximum absolute atomic E-state index is 11.6. The molecule has 1 aliphatic carbocycles. The Morgan fingerprint density at radius 2 is 1.94 bits per heavy atom. The fourth-order valence-corrected chi connectivity index (χ4v) is 2.23. The molecule has 0 aromatic carbocycles. The lowest BCUT2D eigenvalue weighted by Crippen LogP contribution is -2.38. The number of nitrogens with one attached hydrogen (secondary N) is 1. The molecule has 94 valence electrons. The van der Waals surface area contributed by atoms with Crippen molar-refractivity contribution in [3.63, 3.8) is 0 Å². The van der Waals surface area contributed by atoms with E-state index < -0.39 is 5.60 Å².